The highest BCUT2D eigenvalue weighted by molar-refractivity contribution is 5.82. The first-order valence-corrected chi connectivity index (χ1v) is 9.46. The zero-order valence-corrected chi connectivity index (χ0v) is 18.3. The number of aliphatic carboxylic acids is 1. The van der Waals surface area contributed by atoms with Crippen molar-refractivity contribution in [2.75, 3.05) is 26.3 Å². The van der Waals surface area contributed by atoms with Crippen LogP contribution in [0.25, 0.3) is 0 Å². The van der Waals surface area contributed by atoms with Gasteiger partial charge in [-0.2, -0.15) is 0 Å². The summed E-state index contributed by atoms with van der Waals surface area (Å²) in [7, 11) is 0. The third-order valence-electron chi connectivity index (χ3n) is 4.21. The second-order valence-corrected chi connectivity index (χ2v) is 8.28. The Kier molecular flexibility index (Phi) is 14.1. The van der Waals surface area contributed by atoms with Gasteiger partial charge in [0.2, 0.25) is 11.8 Å². The number of Topliss-reactive ketones (excluding diaryl/α,β-unsaturated/α-hetero) is 1. The van der Waals surface area contributed by atoms with Crippen molar-refractivity contribution in [3.63, 3.8) is 0 Å². The molecule has 0 heterocycles. The second-order valence-electron chi connectivity index (χ2n) is 8.28. The van der Waals surface area contributed by atoms with Crippen molar-refractivity contribution in [1.82, 2.24) is 10.6 Å². The standard InChI is InChI=1S/C10H19NO4.C9H17NO5/c1-7(13)4-5-11-9(15)8(14)10(2,3)6-12;1-9(2,5-11)7(14)8(15)10-4-3-6(12)13/h8,12,14H,4-6H2,1-3H3,(H,11,15);7,11,14H,3-5H2,1-2H3,(H,10,15)(H,12,13)/t8-;7-/m10/s1. The third kappa shape index (κ3) is 12.5. The summed E-state index contributed by atoms with van der Waals surface area (Å²) < 4.78 is 0. The molecule has 176 valence electrons. The summed E-state index contributed by atoms with van der Waals surface area (Å²) >= 11 is 0. The van der Waals surface area contributed by atoms with E-state index in [2.05, 4.69) is 10.6 Å². The summed E-state index contributed by atoms with van der Waals surface area (Å²) in [6.07, 6.45) is -2.57. The zero-order chi connectivity index (χ0) is 24.1. The number of hydrogen-bond donors (Lipinski definition) is 7. The maximum absolute atomic E-state index is 11.3. The van der Waals surface area contributed by atoms with Crippen LogP contribution in [0.2, 0.25) is 0 Å². The molecule has 0 radical (unpaired) electrons. The van der Waals surface area contributed by atoms with Gasteiger partial charge < -0.3 is 36.2 Å². The first-order chi connectivity index (χ1) is 13.6. The van der Waals surface area contributed by atoms with Gasteiger partial charge in [0.25, 0.3) is 0 Å². The minimum atomic E-state index is -1.35. The van der Waals surface area contributed by atoms with Crippen LogP contribution in [0.4, 0.5) is 0 Å². The number of rotatable bonds is 12. The number of carbonyl (C=O) groups is 4. The summed E-state index contributed by atoms with van der Waals surface area (Å²) in [5.41, 5.74) is -1.81. The number of amides is 2. The van der Waals surface area contributed by atoms with E-state index in [-0.39, 0.29) is 44.9 Å². The van der Waals surface area contributed by atoms with E-state index in [4.69, 9.17) is 15.3 Å². The minimum absolute atomic E-state index is 0.0220. The fourth-order valence-corrected chi connectivity index (χ4v) is 1.73. The molecule has 0 saturated heterocycles. The van der Waals surface area contributed by atoms with Crippen LogP contribution in [-0.4, -0.2) is 87.6 Å². The Morgan fingerprint density at radius 2 is 1.10 bits per heavy atom. The molecule has 0 fully saturated rings. The first kappa shape index (κ1) is 30.1. The van der Waals surface area contributed by atoms with Crippen LogP contribution in [0.5, 0.6) is 0 Å². The molecule has 0 bridgehead atoms. The van der Waals surface area contributed by atoms with Crippen LogP contribution in [0.15, 0.2) is 0 Å². The topological polar surface area (TPSA) is 193 Å². The van der Waals surface area contributed by atoms with Crippen LogP contribution in [0.1, 0.15) is 47.5 Å². The molecule has 11 nitrogen and oxygen atoms in total. The van der Waals surface area contributed by atoms with E-state index >= 15 is 0 Å². The first-order valence-electron chi connectivity index (χ1n) is 9.46. The van der Waals surface area contributed by atoms with Crippen molar-refractivity contribution >= 4 is 23.6 Å². The monoisotopic (exact) mass is 436 g/mol. The van der Waals surface area contributed by atoms with Gasteiger partial charge in [0.15, 0.2) is 0 Å². The molecule has 7 N–H and O–H groups in total. The van der Waals surface area contributed by atoms with Gasteiger partial charge in [-0.15, -0.1) is 0 Å². The Labute approximate surface area is 176 Å². The Balaban J connectivity index is 0. The number of nitrogens with one attached hydrogen (secondary N) is 2. The predicted octanol–water partition coefficient (Wildman–Crippen LogP) is -1.58. The molecule has 0 aromatic carbocycles. The quantitative estimate of drug-likeness (QED) is 0.189. The molecule has 0 saturated carbocycles. The van der Waals surface area contributed by atoms with E-state index in [0.29, 0.717) is 0 Å². The lowest BCUT2D eigenvalue weighted by molar-refractivity contribution is -0.139. The van der Waals surface area contributed by atoms with E-state index in [1.807, 2.05) is 0 Å². The Hall–Kier alpha value is -2.08. The lowest BCUT2D eigenvalue weighted by Gasteiger charge is -2.27. The van der Waals surface area contributed by atoms with Gasteiger partial charge in [-0.1, -0.05) is 27.7 Å². The summed E-state index contributed by atoms with van der Waals surface area (Å²) in [5.74, 6) is -2.27. The fraction of sp³-hybridized carbons (Fsp3) is 0.789. The normalized spacial score (nSPS) is 13.4. The molecule has 0 spiro atoms. The van der Waals surface area contributed by atoms with E-state index in [1.165, 1.54) is 20.8 Å². The predicted molar refractivity (Wildman–Crippen MR) is 107 cm³/mol. The maximum atomic E-state index is 11.3. The molecule has 0 aliphatic heterocycles. The van der Waals surface area contributed by atoms with E-state index < -0.39 is 40.8 Å². The molecular weight excluding hydrogens is 400 g/mol. The number of aliphatic hydroxyl groups excluding tert-OH is 4. The molecular formula is C19H36N2O9. The molecule has 0 aliphatic rings. The van der Waals surface area contributed by atoms with Gasteiger partial charge in [0.1, 0.15) is 18.0 Å². The average Bonchev–Trinajstić information content (AvgIpc) is 2.66. The Morgan fingerprint density at radius 1 is 0.767 bits per heavy atom. The average molecular weight is 437 g/mol. The van der Waals surface area contributed by atoms with Crippen molar-refractivity contribution in [2.24, 2.45) is 10.8 Å². The lowest BCUT2D eigenvalue weighted by Crippen LogP contribution is -2.45. The summed E-state index contributed by atoms with van der Waals surface area (Å²) in [6, 6.07) is 0. The van der Waals surface area contributed by atoms with Gasteiger partial charge in [0, 0.05) is 30.3 Å². The largest absolute Gasteiger partial charge is 0.481 e. The number of hydrogen-bond acceptors (Lipinski definition) is 8. The summed E-state index contributed by atoms with van der Waals surface area (Å²) in [5, 5.41) is 49.9. The van der Waals surface area contributed by atoms with Crippen LogP contribution >= 0.6 is 0 Å². The van der Waals surface area contributed by atoms with Crippen molar-refractivity contribution in [3.8, 4) is 0 Å². The zero-order valence-electron chi connectivity index (χ0n) is 18.3. The number of carboxylic acids is 1. The van der Waals surface area contributed by atoms with Crippen molar-refractivity contribution in [2.45, 2.75) is 59.7 Å². The van der Waals surface area contributed by atoms with Gasteiger partial charge in [-0.25, -0.2) is 0 Å². The molecule has 30 heavy (non-hydrogen) atoms. The number of carbonyl (C=O) groups excluding carboxylic acids is 3. The second kappa shape index (κ2) is 14.0. The summed E-state index contributed by atoms with van der Waals surface area (Å²) in [4.78, 5) is 43.4. The fourth-order valence-electron chi connectivity index (χ4n) is 1.73. The molecule has 2 amide bonds. The van der Waals surface area contributed by atoms with E-state index in [1.54, 1.807) is 13.8 Å². The number of aliphatic hydroxyl groups is 4. The SMILES string of the molecule is CC(=O)CCNC(=O)[C@@H](O)C(C)(C)CO.CC(C)(CO)[C@@H](O)C(=O)NCCC(=O)O. The van der Waals surface area contributed by atoms with Gasteiger partial charge in [-0.3, -0.25) is 19.2 Å². The highest BCUT2D eigenvalue weighted by Crippen LogP contribution is 2.20. The van der Waals surface area contributed by atoms with Crippen LogP contribution in [-0.2, 0) is 19.2 Å². The van der Waals surface area contributed by atoms with Crippen molar-refractivity contribution < 1.29 is 44.7 Å². The molecule has 0 rings (SSSR count). The van der Waals surface area contributed by atoms with Crippen LogP contribution in [0, 0.1) is 10.8 Å². The summed E-state index contributed by atoms with van der Waals surface area (Å²) in [6.45, 7) is 7.24. The van der Waals surface area contributed by atoms with Gasteiger partial charge in [0.05, 0.1) is 19.6 Å². The number of carboxylic acid groups (broad SMARTS) is 1. The van der Waals surface area contributed by atoms with Crippen molar-refractivity contribution in [3.05, 3.63) is 0 Å². The molecule has 0 unspecified atom stereocenters. The third-order valence-corrected chi connectivity index (χ3v) is 4.21. The van der Waals surface area contributed by atoms with Crippen molar-refractivity contribution in [1.29, 1.82) is 0 Å². The molecule has 0 aromatic rings. The highest BCUT2D eigenvalue weighted by Gasteiger charge is 2.33. The molecule has 11 heteroatoms. The lowest BCUT2D eigenvalue weighted by atomic mass is 9.87. The van der Waals surface area contributed by atoms with Crippen LogP contribution < -0.4 is 10.6 Å². The van der Waals surface area contributed by atoms with Gasteiger partial charge in [-0.05, 0) is 6.92 Å². The smallest absolute Gasteiger partial charge is 0.305 e. The Morgan fingerprint density at radius 3 is 1.37 bits per heavy atom. The highest BCUT2D eigenvalue weighted by atomic mass is 16.4. The maximum Gasteiger partial charge on any atom is 0.305 e. The minimum Gasteiger partial charge on any atom is -0.481 e. The molecule has 0 aromatic heterocycles. The van der Waals surface area contributed by atoms with Crippen LogP contribution in [0.3, 0.4) is 0 Å². The van der Waals surface area contributed by atoms with E-state index in [0.717, 1.165) is 0 Å². The number of ketones is 1. The molecule has 0 aliphatic carbocycles. The molecule has 2 atom stereocenters. The van der Waals surface area contributed by atoms with Gasteiger partial charge >= 0.3 is 5.97 Å². The van der Waals surface area contributed by atoms with E-state index in [9.17, 15) is 29.4 Å². The Bertz CT molecular complexity index is 526.